The van der Waals surface area contributed by atoms with Crippen molar-refractivity contribution in [1.29, 1.82) is 10.5 Å². The largest absolute Gasteiger partial charge is 0.197 e. The summed E-state index contributed by atoms with van der Waals surface area (Å²) in [6.45, 7) is 1.95. The molecule has 2 heteroatoms. The van der Waals surface area contributed by atoms with Crippen LogP contribution >= 0.6 is 0 Å². The van der Waals surface area contributed by atoms with Gasteiger partial charge in [0.05, 0.1) is 12.1 Å². The summed E-state index contributed by atoms with van der Waals surface area (Å²) in [6, 6.07) is 4.11. The molecule has 0 heterocycles. The van der Waals surface area contributed by atoms with Crippen molar-refractivity contribution in [3.8, 4) is 12.1 Å². The Labute approximate surface area is 54.7 Å². The van der Waals surface area contributed by atoms with Crippen molar-refractivity contribution in [3.63, 3.8) is 0 Å². The standard InChI is InChI=1S/C7H8N2/c1-6-2-3-7(6,4-8)5-9/h6H,2-3H2,1H3. The van der Waals surface area contributed by atoms with Crippen molar-refractivity contribution in [3.05, 3.63) is 0 Å². The van der Waals surface area contributed by atoms with E-state index in [-0.39, 0.29) is 5.92 Å². The molecule has 0 aromatic rings. The van der Waals surface area contributed by atoms with Gasteiger partial charge in [-0.25, -0.2) is 0 Å². The maximum atomic E-state index is 8.53. The molecule has 9 heavy (non-hydrogen) atoms. The smallest absolute Gasteiger partial charge is 0.146 e. The van der Waals surface area contributed by atoms with E-state index in [1.165, 1.54) is 0 Å². The number of hydrogen-bond acceptors (Lipinski definition) is 2. The molecule has 2 nitrogen and oxygen atoms in total. The first-order valence-electron chi connectivity index (χ1n) is 3.08. The normalized spacial score (nSPS) is 29.4. The van der Waals surface area contributed by atoms with E-state index in [1.807, 2.05) is 6.92 Å². The average Bonchev–Trinajstić information content (AvgIpc) is 1.89. The van der Waals surface area contributed by atoms with E-state index in [0.29, 0.717) is 0 Å². The minimum Gasteiger partial charge on any atom is -0.197 e. The molecule has 0 saturated heterocycles. The fourth-order valence-corrected chi connectivity index (χ4v) is 1.08. The van der Waals surface area contributed by atoms with Crippen molar-refractivity contribution >= 4 is 0 Å². The fourth-order valence-electron chi connectivity index (χ4n) is 1.08. The molecule has 1 fully saturated rings. The van der Waals surface area contributed by atoms with Gasteiger partial charge in [-0.05, 0) is 18.8 Å². The Morgan fingerprint density at radius 1 is 1.44 bits per heavy atom. The first-order valence-corrected chi connectivity index (χ1v) is 3.08. The molecule has 0 aliphatic heterocycles. The molecule has 0 N–H and O–H groups in total. The monoisotopic (exact) mass is 120 g/mol. The first kappa shape index (κ1) is 6.11. The summed E-state index contributed by atoms with van der Waals surface area (Å²) in [6.07, 6.45) is 1.79. The van der Waals surface area contributed by atoms with Crippen LogP contribution in [0.5, 0.6) is 0 Å². The molecule has 46 valence electrons. The van der Waals surface area contributed by atoms with Crippen LogP contribution in [0.2, 0.25) is 0 Å². The second-order valence-corrected chi connectivity index (χ2v) is 2.63. The number of nitriles is 2. The highest BCUT2D eigenvalue weighted by molar-refractivity contribution is 5.20. The number of hydrogen-bond donors (Lipinski definition) is 0. The minimum atomic E-state index is -0.625. The van der Waals surface area contributed by atoms with Crippen LogP contribution in [0.4, 0.5) is 0 Å². The van der Waals surface area contributed by atoms with Crippen molar-refractivity contribution in [2.75, 3.05) is 0 Å². The molecule has 1 atom stereocenters. The topological polar surface area (TPSA) is 47.6 Å². The first-order chi connectivity index (χ1) is 4.25. The van der Waals surface area contributed by atoms with Crippen LogP contribution in [0.3, 0.4) is 0 Å². The predicted octanol–water partition coefficient (Wildman–Crippen LogP) is 1.45. The van der Waals surface area contributed by atoms with Crippen molar-refractivity contribution in [1.82, 2.24) is 0 Å². The molecular weight excluding hydrogens is 112 g/mol. The molecule has 0 bridgehead atoms. The van der Waals surface area contributed by atoms with Gasteiger partial charge in [-0.2, -0.15) is 10.5 Å². The van der Waals surface area contributed by atoms with Gasteiger partial charge in [-0.1, -0.05) is 6.92 Å². The summed E-state index contributed by atoms with van der Waals surface area (Å²) >= 11 is 0. The van der Waals surface area contributed by atoms with Crippen LogP contribution in [0, 0.1) is 34.0 Å². The Balaban J connectivity index is 2.77. The summed E-state index contributed by atoms with van der Waals surface area (Å²) in [4.78, 5) is 0. The quantitative estimate of drug-likeness (QED) is 0.485. The molecule has 1 aliphatic rings. The van der Waals surface area contributed by atoms with Gasteiger partial charge in [0, 0.05) is 0 Å². The van der Waals surface area contributed by atoms with Crippen molar-refractivity contribution < 1.29 is 0 Å². The third-order valence-corrected chi connectivity index (χ3v) is 2.21. The van der Waals surface area contributed by atoms with Gasteiger partial charge < -0.3 is 0 Å². The summed E-state index contributed by atoms with van der Waals surface area (Å²) < 4.78 is 0. The second-order valence-electron chi connectivity index (χ2n) is 2.63. The summed E-state index contributed by atoms with van der Waals surface area (Å²) in [7, 11) is 0. The zero-order valence-corrected chi connectivity index (χ0v) is 5.39. The third-order valence-electron chi connectivity index (χ3n) is 2.21. The Kier molecular flexibility index (Phi) is 1.18. The van der Waals surface area contributed by atoms with Gasteiger partial charge in [0.2, 0.25) is 0 Å². The summed E-state index contributed by atoms with van der Waals surface area (Å²) in [5.41, 5.74) is -0.625. The Morgan fingerprint density at radius 2 is 2.00 bits per heavy atom. The lowest BCUT2D eigenvalue weighted by Gasteiger charge is -2.35. The highest BCUT2D eigenvalue weighted by atomic mass is 14.5. The van der Waals surface area contributed by atoms with Gasteiger partial charge >= 0.3 is 0 Å². The third kappa shape index (κ3) is 0.600. The van der Waals surface area contributed by atoms with Gasteiger partial charge in [-0.3, -0.25) is 0 Å². The Hall–Kier alpha value is -1.02. The molecule has 1 unspecified atom stereocenters. The fraction of sp³-hybridized carbons (Fsp3) is 0.714. The Bertz CT molecular complexity index is 180. The predicted molar refractivity (Wildman–Crippen MR) is 32.1 cm³/mol. The maximum Gasteiger partial charge on any atom is 0.146 e. The minimum absolute atomic E-state index is 0.285. The molecule has 0 aromatic carbocycles. The average molecular weight is 120 g/mol. The van der Waals surface area contributed by atoms with Gasteiger partial charge in [0.15, 0.2) is 0 Å². The highest BCUT2D eigenvalue weighted by Gasteiger charge is 2.44. The van der Waals surface area contributed by atoms with Crippen molar-refractivity contribution in [2.24, 2.45) is 11.3 Å². The van der Waals surface area contributed by atoms with E-state index >= 15 is 0 Å². The van der Waals surface area contributed by atoms with Gasteiger partial charge in [0.25, 0.3) is 0 Å². The van der Waals surface area contributed by atoms with Crippen LogP contribution in [0.25, 0.3) is 0 Å². The van der Waals surface area contributed by atoms with Gasteiger partial charge in [-0.15, -0.1) is 0 Å². The number of rotatable bonds is 0. The van der Waals surface area contributed by atoms with E-state index in [2.05, 4.69) is 12.1 Å². The SMILES string of the molecule is CC1CCC1(C#N)C#N. The molecule has 0 spiro atoms. The molecule has 0 aromatic heterocycles. The zero-order valence-electron chi connectivity index (χ0n) is 5.39. The van der Waals surface area contributed by atoms with Crippen LogP contribution < -0.4 is 0 Å². The highest BCUT2D eigenvalue weighted by Crippen LogP contribution is 2.44. The lowest BCUT2D eigenvalue weighted by atomic mass is 9.63. The molecule has 1 aliphatic carbocycles. The van der Waals surface area contributed by atoms with Crippen molar-refractivity contribution in [2.45, 2.75) is 19.8 Å². The summed E-state index contributed by atoms with van der Waals surface area (Å²) in [5.74, 6) is 0.285. The van der Waals surface area contributed by atoms with Crippen LogP contribution in [0.15, 0.2) is 0 Å². The molecule has 0 amide bonds. The van der Waals surface area contributed by atoms with Crippen LogP contribution in [-0.4, -0.2) is 0 Å². The molecule has 1 rings (SSSR count). The molecule has 0 radical (unpaired) electrons. The Morgan fingerprint density at radius 3 is 2.00 bits per heavy atom. The lowest BCUT2D eigenvalue weighted by Crippen LogP contribution is -2.35. The zero-order chi connectivity index (χ0) is 6.91. The van der Waals surface area contributed by atoms with E-state index in [4.69, 9.17) is 10.5 Å². The molecular formula is C7H8N2. The van der Waals surface area contributed by atoms with Crippen LogP contribution in [0.1, 0.15) is 19.8 Å². The lowest BCUT2D eigenvalue weighted by molar-refractivity contribution is 0.178. The molecule has 1 saturated carbocycles. The second kappa shape index (κ2) is 1.74. The van der Waals surface area contributed by atoms with Gasteiger partial charge in [0.1, 0.15) is 5.41 Å². The van der Waals surface area contributed by atoms with E-state index in [0.717, 1.165) is 12.8 Å². The maximum absolute atomic E-state index is 8.53. The van der Waals surface area contributed by atoms with E-state index < -0.39 is 5.41 Å². The van der Waals surface area contributed by atoms with E-state index in [1.54, 1.807) is 0 Å². The summed E-state index contributed by atoms with van der Waals surface area (Å²) in [5, 5.41) is 17.1. The van der Waals surface area contributed by atoms with E-state index in [9.17, 15) is 0 Å². The van der Waals surface area contributed by atoms with Crippen LogP contribution in [-0.2, 0) is 0 Å². The number of nitrogens with zero attached hydrogens (tertiary/aromatic N) is 2.